The Bertz CT molecular complexity index is 517. The van der Waals surface area contributed by atoms with E-state index in [9.17, 15) is 0 Å². The average molecular weight is 362 g/mol. The van der Waals surface area contributed by atoms with Gasteiger partial charge in [0.05, 0.1) is 10.6 Å². The highest BCUT2D eigenvalue weighted by molar-refractivity contribution is 9.10. The quantitative estimate of drug-likeness (QED) is 0.815. The SMILES string of the molecule is Clc1ccc(NC2=NC3(CCOCC3)CS2)cc1Br. The van der Waals surface area contributed by atoms with Crippen molar-refractivity contribution in [2.24, 2.45) is 4.99 Å². The van der Waals surface area contributed by atoms with Crippen LogP contribution >= 0.6 is 39.3 Å². The number of thioether (sulfide) groups is 1. The van der Waals surface area contributed by atoms with Gasteiger partial charge >= 0.3 is 0 Å². The Morgan fingerprint density at radius 2 is 2.16 bits per heavy atom. The Balaban J connectivity index is 1.73. The highest BCUT2D eigenvalue weighted by Gasteiger charge is 2.37. The van der Waals surface area contributed by atoms with Gasteiger partial charge in [0.1, 0.15) is 0 Å². The molecule has 0 saturated carbocycles. The predicted octanol–water partition coefficient (Wildman–Crippen LogP) is 4.17. The molecule has 0 atom stereocenters. The van der Waals surface area contributed by atoms with Crippen LogP contribution in [0.1, 0.15) is 12.8 Å². The van der Waals surface area contributed by atoms with Crippen LogP contribution in [-0.2, 0) is 4.74 Å². The summed E-state index contributed by atoms with van der Waals surface area (Å²) in [5.41, 5.74) is 1.10. The van der Waals surface area contributed by atoms with E-state index in [1.807, 2.05) is 18.2 Å². The molecule has 19 heavy (non-hydrogen) atoms. The molecular formula is C13H14BrClN2OS. The Hall–Kier alpha value is -0.230. The molecule has 102 valence electrons. The van der Waals surface area contributed by atoms with Crippen LogP contribution in [0.2, 0.25) is 5.02 Å². The summed E-state index contributed by atoms with van der Waals surface area (Å²) in [5.74, 6) is 1.05. The van der Waals surface area contributed by atoms with Gasteiger partial charge in [-0.1, -0.05) is 23.4 Å². The van der Waals surface area contributed by atoms with Crippen molar-refractivity contribution in [1.82, 2.24) is 0 Å². The van der Waals surface area contributed by atoms with Crippen LogP contribution in [0.3, 0.4) is 0 Å². The van der Waals surface area contributed by atoms with Crippen LogP contribution in [0.4, 0.5) is 5.69 Å². The van der Waals surface area contributed by atoms with Gasteiger partial charge in [0.25, 0.3) is 0 Å². The van der Waals surface area contributed by atoms with Crippen molar-refractivity contribution in [3.63, 3.8) is 0 Å². The molecule has 0 aromatic heterocycles. The van der Waals surface area contributed by atoms with Gasteiger partial charge < -0.3 is 10.1 Å². The van der Waals surface area contributed by atoms with Gasteiger partial charge in [0, 0.05) is 29.1 Å². The van der Waals surface area contributed by atoms with E-state index in [1.165, 1.54) is 0 Å². The van der Waals surface area contributed by atoms with Crippen LogP contribution in [0, 0.1) is 0 Å². The maximum atomic E-state index is 5.99. The molecule has 1 saturated heterocycles. The normalized spacial score (nSPS) is 21.5. The van der Waals surface area contributed by atoms with E-state index >= 15 is 0 Å². The lowest BCUT2D eigenvalue weighted by atomic mass is 9.93. The zero-order valence-electron chi connectivity index (χ0n) is 10.3. The van der Waals surface area contributed by atoms with Crippen molar-refractivity contribution in [2.75, 3.05) is 24.3 Å². The molecule has 2 aliphatic rings. The van der Waals surface area contributed by atoms with E-state index in [4.69, 9.17) is 21.3 Å². The lowest BCUT2D eigenvalue weighted by molar-refractivity contribution is 0.0624. The molecule has 0 bridgehead atoms. The molecule has 1 N–H and O–H groups in total. The maximum absolute atomic E-state index is 5.99. The molecule has 6 heteroatoms. The van der Waals surface area contributed by atoms with Crippen molar-refractivity contribution in [3.05, 3.63) is 27.7 Å². The van der Waals surface area contributed by atoms with Crippen molar-refractivity contribution in [2.45, 2.75) is 18.4 Å². The fraction of sp³-hybridized carbons (Fsp3) is 0.462. The zero-order valence-corrected chi connectivity index (χ0v) is 13.4. The number of nitrogens with one attached hydrogen (secondary N) is 1. The summed E-state index contributed by atoms with van der Waals surface area (Å²) in [4.78, 5) is 4.87. The first kappa shape index (κ1) is 13.7. The van der Waals surface area contributed by atoms with Gasteiger partial charge in [-0.05, 0) is 47.0 Å². The van der Waals surface area contributed by atoms with Crippen LogP contribution in [0.25, 0.3) is 0 Å². The molecule has 0 aliphatic carbocycles. The number of benzene rings is 1. The first-order chi connectivity index (χ1) is 9.17. The monoisotopic (exact) mass is 360 g/mol. The summed E-state index contributed by atoms with van der Waals surface area (Å²) in [6.45, 7) is 1.65. The molecule has 0 amide bonds. The van der Waals surface area contributed by atoms with Crippen LogP contribution in [0.15, 0.2) is 27.7 Å². The summed E-state index contributed by atoms with van der Waals surface area (Å²) in [7, 11) is 0. The molecule has 1 aromatic rings. The van der Waals surface area contributed by atoms with Gasteiger partial charge in [-0.2, -0.15) is 0 Å². The molecule has 3 rings (SSSR count). The van der Waals surface area contributed by atoms with Gasteiger partial charge in [-0.25, -0.2) is 0 Å². The van der Waals surface area contributed by atoms with Crippen LogP contribution in [-0.4, -0.2) is 29.7 Å². The topological polar surface area (TPSA) is 33.6 Å². The second-order valence-corrected chi connectivity index (χ2v) is 7.02. The Morgan fingerprint density at radius 1 is 1.37 bits per heavy atom. The molecular weight excluding hydrogens is 348 g/mol. The van der Waals surface area contributed by atoms with Gasteiger partial charge in [-0.3, -0.25) is 4.99 Å². The summed E-state index contributed by atoms with van der Waals surface area (Å²) in [6, 6.07) is 5.81. The number of halogens is 2. The Kier molecular flexibility index (Phi) is 4.08. The second-order valence-electron chi connectivity index (χ2n) is 4.80. The zero-order chi connectivity index (χ0) is 13.3. The minimum Gasteiger partial charge on any atom is -0.381 e. The molecule has 3 nitrogen and oxygen atoms in total. The summed E-state index contributed by atoms with van der Waals surface area (Å²) < 4.78 is 6.31. The largest absolute Gasteiger partial charge is 0.381 e. The lowest BCUT2D eigenvalue weighted by Gasteiger charge is -2.29. The molecule has 1 aromatic carbocycles. The smallest absolute Gasteiger partial charge is 0.161 e. The number of ether oxygens (including phenoxy) is 1. The Labute approximate surface area is 130 Å². The fourth-order valence-electron chi connectivity index (χ4n) is 2.25. The molecule has 0 radical (unpaired) electrons. The van der Waals surface area contributed by atoms with Crippen LogP contribution < -0.4 is 5.32 Å². The van der Waals surface area contributed by atoms with Gasteiger partial charge in [0.15, 0.2) is 5.17 Å². The first-order valence-electron chi connectivity index (χ1n) is 6.19. The van der Waals surface area contributed by atoms with E-state index in [-0.39, 0.29) is 5.54 Å². The van der Waals surface area contributed by atoms with Crippen molar-refractivity contribution in [1.29, 1.82) is 0 Å². The van der Waals surface area contributed by atoms with E-state index < -0.39 is 0 Å². The van der Waals surface area contributed by atoms with E-state index in [2.05, 4.69) is 21.2 Å². The fourth-order valence-corrected chi connectivity index (χ4v) is 3.95. The van der Waals surface area contributed by atoms with E-state index in [0.717, 1.165) is 47.1 Å². The maximum Gasteiger partial charge on any atom is 0.161 e. The predicted molar refractivity (Wildman–Crippen MR) is 85.5 cm³/mol. The number of rotatable bonds is 1. The summed E-state index contributed by atoms with van der Waals surface area (Å²) in [6.07, 6.45) is 2.05. The summed E-state index contributed by atoms with van der Waals surface area (Å²) >= 11 is 11.2. The van der Waals surface area contributed by atoms with Crippen LogP contribution in [0.5, 0.6) is 0 Å². The highest BCUT2D eigenvalue weighted by atomic mass is 79.9. The minimum atomic E-state index is 0.0922. The molecule has 0 unspecified atom stereocenters. The first-order valence-corrected chi connectivity index (χ1v) is 8.35. The number of hydrogen-bond donors (Lipinski definition) is 1. The number of aliphatic imine (C=N–C) groups is 1. The molecule has 2 aliphatic heterocycles. The third kappa shape index (κ3) is 3.10. The van der Waals surface area contributed by atoms with Crippen molar-refractivity contribution >= 4 is 50.1 Å². The molecule has 1 fully saturated rings. The number of anilines is 1. The second kappa shape index (κ2) is 5.64. The standard InChI is InChI=1S/C13H14BrClN2OS/c14-10-7-9(1-2-11(10)15)16-12-17-13(8-19-12)3-5-18-6-4-13/h1-2,7H,3-6,8H2,(H,16,17). The number of amidine groups is 1. The third-order valence-electron chi connectivity index (χ3n) is 3.41. The average Bonchev–Trinajstić information content (AvgIpc) is 2.78. The number of nitrogens with zero attached hydrogens (tertiary/aromatic N) is 1. The third-order valence-corrected chi connectivity index (χ3v) is 5.77. The summed E-state index contributed by atoms with van der Waals surface area (Å²) in [5, 5.41) is 5.08. The van der Waals surface area contributed by atoms with Crippen molar-refractivity contribution < 1.29 is 4.74 Å². The van der Waals surface area contributed by atoms with E-state index in [0.29, 0.717) is 5.02 Å². The molecule has 2 heterocycles. The van der Waals surface area contributed by atoms with E-state index in [1.54, 1.807) is 11.8 Å². The van der Waals surface area contributed by atoms with Gasteiger partial charge in [0.2, 0.25) is 0 Å². The Morgan fingerprint density at radius 3 is 2.89 bits per heavy atom. The van der Waals surface area contributed by atoms with Crippen molar-refractivity contribution in [3.8, 4) is 0 Å². The number of hydrogen-bond acceptors (Lipinski definition) is 4. The minimum absolute atomic E-state index is 0.0922. The van der Waals surface area contributed by atoms with Gasteiger partial charge in [-0.15, -0.1) is 0 Å². The highest BCUT2D eigenvalue weighted by Crippen LogP contribution is 2.36. The lowest BCUT2D eigenvalue weighted by Crippen LogP contribution is -2.34. The molecule has 1 spiro atoms.